The lowest BCUT2D eigenvalue weighted by atomic mass is 10.0. The van der Waals surface area contributed by atoms with Crippen LogP contribution in [0.1, 0.15) is 23.3 Å². The van der Waals surface area contributed by atoms with Gasteiger partial charge in [0.05, 0.1) is 19.3 Å². The van der Waals surface area contributed by atoms with Crippen LogP contribution in [-0.4, -0.2) is 28.2 Å². The molecule has 0 radical (unpaired) electrons. The van der Waals surface area contributed by atoms with E-state index in [1.165, 1.54) is 4.90 Å². The SMILES string of the molecule is Cc1cnc(CN2C(=O)CNC(=O)C2c2ccccc2)o1. The fourth-order valence-corrected chi connectivity index (χ4v) is 2.41. The van der Waals surface area contributed by atoms with Crippen molar-refractivity contribution in [2.24, 2.45) is 0 Å². The third-order valence-electron chi connectivity index (χ3n) is 3.38. The van der Waals surface area contributed by atoms with Crippen molar-refractivity contribution in [3.63, 3.8) is 0 Å². The van der Waals surface area contributed by atoms with Gasteiger partial charge in [0.1, 0.15) is 11.8 Å². The first-order chi connectivity index (χ1) is 10.1. The highest BCUT2D eigenvalue weighted by molar-refractivity contribution is 5.95. The van der Waals surface area contributed by atoms with Crippen LogP contribution in [0.5, 0.6) is 0 Å². The topological polar surface area (TPSA) is 75.4 Å². The standard InChI is InChI=1S/C15H15N3O3/c1-10-7-16-12(21-10)9-18-13(19)8-17-15(20)14(18)11-5-3-2-4-6-11/h2-7,14H,8-9H2,1H3,(H,17,20). The van der Waals surface area contributed by atoms with Gasteiger partial charge in [-0.25, -0.2) is 4.98 Å². The van der Waals surface area contributed by atoms with Crippen LogP contribution in [0.4, 0.5) is 0 Å². The van der Waals surface area contributed by atoms with Crippen LogP contribution in [-0.2, 0) is 16.1 Å². The van der Waals surface area contributed by atoms with Crippen molar-refractivity contribution < 1.29 is 14.0 Å². The Labute approximate surface area is 121 Å². The molecule has 1 aliphatic heterocycles. The number of hydrogen-bond donors (Lipinski definition) is 1. The third-order valence-corrected chi connectivity index (χ3v) is 3.38. The molecule has 1 aliphatic rings. The molecule has 1 N–H and O–H groups in total. The molecular weight excluding hydrogens is 270 g/mol. The minimum absolute atomic E-state index is 0.00184. The van der Waals surface area contributed by atoms with Crippen molar-refractivity contribution in [2.75, 3.05) is 6.54 Å². The van der Waals surface area contributed by atoms with E-state index < -0.39 is 6.04 Å². The highest BCUT2D eigenvalue weighted by atomic mass is 16.4. The van der Waals surface area contributed by atoms with Crippen LogP contribution >= 0.6 is 0 Å². The van der Waals surface area contributed by atoms with Crippen molar-refractivity contribution in [1.29, 1.82) is 0 Å². The van der Waals surface area contributed by atoms with Crippen molar-refractivity contribution in [2.45, 2.75) is 19.5 Å². The summed E-state index contributed by atoms with van der Waals surface area (Å²) in [6.45, 7) is 1.97. The molecule has 6 nitrogen and oxygen atoms in total. The molecule has 21 heavy (non-hydrogen) atoms. The number of rotatable bonds is 3. The second-order valence-corrected chi connectivity index (χ2v) is 4.92. The zero-order valence-electron chi connectivity index (χ0n) is 11.6. The lowest BCUT2D eigenvalue weighted by Gasteiger charge is -2.34. The summed E-state index contributed by atoms with van der Waals surface area (Å²) in [4.78, 5) is 30.0. The van der Waals surface area contributed by atoms with E-state index >= 15 is 0 Å². The number of nitrogens with one attached hydrogen (secondary N) is 1. The third kappa shape index (κ3) is 2.65. The maximum absolute atomic E-state index is 12.2. The Kier molecular flexibility index (Phi) is 3.43. The van der Waals surface area contributed by atoms with Crippen molar-refractivity contribution in [1.82, 2.24) is 15.2 Å². The van der Waals surface area contributed by atoms with Crippen LogP contribution in [0.15, 0.2) is 40.9 Å². The molecule has 1 aromatic heterocycles. The lowest BCUT2D eigenvalue weighted by Crippen LogP contribution is -2.53. The van der Waals surface area contributed by atoms with Gasteiger partial charge in [-0.15, -0.1) is 0 Å². The van der Waals surface area contributed by atoms with Crippen molar-refractivity contribution in [3.8, 4) is 0 Å². The van der Waals surface area contributed by atoms with Crippen LogP contribution < -0.4 is 5.32 Å². The zero-order valence-corrected chi connectivity index (χ0v) is 11.6. The predicted molar refractivity (Wildman–Crippen MR) is 74.0 cm³/mol. The zero-order chi connectivity index (χ0) is 14.8. The Morgan fingerprint density at radius 1 is 1.33 bits per heavy atom. The van der Waals surface area contributed by atoms with Gasteiger partial charge in [-0.3, -0.25) is 9.59 Å². The number of piperazine rings is 1. The largest absolute Gasteiger partial charge is 0.444 e. The summed E-state index contributed by atoms with van der Waals surface area (Å²) in [6, 6.07) is 8.56. The van der Waals surface area contributed by atoms with Gasteiger partial charge in [-0.05, 0) is 12.5 Å². The van der Waals surface area contributed by atoms with E-state index in [1.807, 2.05) is 30.3 Å². The number of carbonyl (C=O) groups is 2. The van der Waals surface area contributed by atoms with E-state index in [4.69, 9.17) is 4.42 Å². The Balaban J connectivity index is 1.92. The Hall–Kier alpha value is -2.63. The van der Waals surface area contributed by atoms with Gasteiger partial charge in [0.25, 0.3) is 0 Å². The van der Waals surface area contributed by atoms with Crippen LogP contribution in [0, 0.1) is 6.92 Å². The van der Waals surface area contributed by atoms with Crippen LogP contribution in [0.2, 0.25) is 0 Å². The maximum atomic E-state index is 12.2. The summed E-state index contributed by atoms with van der Waals surface area (Å²) < 4.78 is 5.42. The van der Waals surface area contributed by atoms with Gasteiger partial charge in [0.2, 0.25) is 17.7 Å². The number of aryl methyl sites for hydroxylation is 1. The highest BCUT2D eigenvalue weighted by Gasteiger charge is 2.36. The molecule has 0 spiro atoms. The molecule has 2 amide bonds. The first kappa shape index (κ1) is 13.4. The fraction of sp³-hybridized carbons (Fsp3) is 0.267. The molecule has 0 bridgehead atoms. The van der Waals surface area contributed by atoms with Gasteiger partial charge in [-0.2, -0.15) is 0 Å². The number of hydrogen-bond acceptors (Lipinski definition) is 4. The first-order valence-corrected chi connectivity index (χ1v) is 6.68. The average molecular weight is 285 g/mol. The minimum Gasteiger partial charge on any atom is -0.444 e. The summed E-state index contributed by atoms with van der Waals surface area (Å²) >= 11 is 0. The van der Waals surface area contributed by atoms with E-state index in [9.17, 15) is 9.59 Å². The molecule has 6 heteroatoms. The lowest BCUT2D eigenvalue weighted by molar-refractivity contribution is -0.147. The monoisotopic (exact) mass is 285 g/mol. The van der Waals surface area contributed by atoms with E-state index in [1.54, 1.807) is 13.1 Å². The molecule has 2 heterocycles. The molecule has 108 valence electrons. The van der Waals surface area contributed by atoms with Gasteiger partial charge >= 0.3 is 0 Å². The van der Waals surface area contributed by atoms with Gasteiger partial charge in [-0.1, -0.05) is 30.3 Å². The van der Waals surface area contributed by atoms with Crippen molar-refractivity contribution in [3.05, 3.63) is 53.7 Å². The predicted octanol–water partition coefficient (Wildman–Crippen LogP) is 1.18. The van der Waals surface area contributed by atoms with Crippen LogP contribution in [0.3, 0.4) is 0 Å². The van der Waals surface area contributed by atoms with Gasteiger partial charge in [0, 0.05) is 0 Å². The highest BCUT2D eigenvalue weighted by Crippen LogP contribution is 2.25. The van der Waals surface area contributed by atoms with E-state index in [0.29, 0.717) is 11.7 Å². The molecular formula is C15H15N3O3. The molecule has 3 rings (SSSR count). The average Bonchev–Trinajstić information content (AvgIpc) is 2.89. The normalized spacial score (nSPS) is 18.7. The first-order valence-electron chi connectivity index (χ1n) is 6.68. The molecule has 1 aromatic carbocycles. The number of carbonyl (C=O) groups excluding carboxylic acids is 2. The molecule has 1 atom stereocenters. The number of aromatic nitrogens is 1. The summed E-state index contributed by atoms with van der Waals surface area (Å²) in [6.07, 6.45) is 1.60. The Morgan fingerprint density at radius 3 is 2.76 bits per heavy atom. The summed E-state index contributed by atoms with van der Waals surface area (Å²) in [5.41, 5.74) is 0.770. The van der Waals surface area contributed by atoms with Gasteiger partial charge < -0.3 is 14.6 Å². The fourth-order valence-electron chi connectivity index (χ4n) is 2.41. The smallest absolute Gasteiger partial charge is 0.247 e. The second kappa shape index (κ2) is 5.40. The number of amides is 2. The maximum Gasteiger partial charge on any atom is 0.247 e. The molecule has 2 aromatic rings. The number of oxazole rings is 1. The Bertz CT molecular complexity index is 666. The number of nitrogens with zero attached hydrogens (tertiary/aromatic N) is 2. The minimum atomic E-state index is -0.653. The van der Waals surface area contributed by atoms with E-state index in [0.717, 1.165) is 5.56 Å². The molecule has 0 aliphatic carbocycles. The van der Waals surface area contributed by atoms with Crippen molar-refractivity contribution >= 4 is 11.8 Å². The number of benzene rings is 1. The van der Waals surface area contributed by atoms with Gasteiger partial charge in [0.15, 0.2) is 0 Å². The van der Waals surface area contributed by atoms with E-state index in [-0.39, 0.29) is 24.9 Å². The molecule has 1 fully saturated rings. The molecule has 1 saturated heterocycles. The van der Waals surface area contributed by atoms with E-state index in [2.05, 4.69) is 10.3 Å². The Morgan fingerprint density at radius 2 is 2.10 bits per heavy atom. The summed E-state index contributed by atoms with van der Waals surface area (Å²) in [7, 11) is 0. The summed E-state index contributed by atoms with van der Waals surface area (Å²) in [5.74, 6) is 0.759. The second-order valence-electron chi connectivity index (χ2n) is 4.92. The quantitative estimate of drug-likeness (QED) is 0.919. The molecule has 0 saturated carbocycles. The summed E-state index contributed by atoms with van der Waals surface area (Å²) in [5, 5.41) is 2.62. The molecule has 1 unspecified atom stereocenters. The van der Waals surface area contributed by atoms with Crippen LogP contribution in [0.25, 0.3) is 0 Å².